The van der Waals surface area contributed by atoms with Crippen LogP contribution in [0.25, 0.3) is 0 Å². The van der Waals surface area contributed by atoms with E-state index >= 15 is 0 Å². The third kappa shape index (κ3) is 3.77. The maximum atomic E-state index is 12.0. The summed E-state index contributed by atoms with van der Waals surface area (Å²) in [6, 6.07) is 11.9. The van der Waals surface area contributed by atoms with E-state index in [0.29, 0.717) is 17.0 Å². The second-order valence-electron chi connectivity index (χ2n) is 4.46. The van der Waals surface area contributed by atoms with Gasteiger partial charge in [0.15, 0.2) is 11.5 Å². The maximum Gasteiger partial charge on any atom is 0.228 e. The van der Waals surface area contributed by atoms with Crippen LogP contribution in [0.1, 0.15) is 11.1 Å². The Hall–Kier alpha value is -2.93. The highest BCUT2D eigenvalue weighted by atomic mass is 16.5. The quantitative estimate of drug-likeness (QED) is 0.847. The molecule has 2 aromatic rings. The second-order valence-corrected chi connectivity index (χ2v) is 4.46. The zero-order valence-corrected chi connectivity index (χ0v) is 11.6. The average Bonchev–Trinajstić information content (AvgIpc) is 2.49. The molecule has 0 radical (unpaired) electrons. The summed E-state index contributed by atoms with van der Waals surface area (Å²) in [6.07, 6.45) is 5.50. The molecular formula is C17H15NO3. The molecule has 0 saturated carbocycles. The Morgan fingerprint density at radius 1 is 1.33 bits per heavy atom. The molecule has 0 fully saturated rings. The van der Waals surface area contributed by atoms with Gasteiger partial charge in [-0.25, -0.2) is 0 Å². The number of anilines is 1. The molecule has 0 aliphatic heterocycles. The Kier molecular flexibility index (Phi) is 4.47. The Balaban J connectivity index is 2.06. The van der Waals surface area contributed by atoms with Crippen molar-refractivity contribution in [2.45, 2.75) is 6.42 Å². The smallest absolute Gasteiger partial charge is 0.228 e. The Morgan fingerprint density at radius 3 is 2.86 bits per heavy atom. The van der Waals surface area contributed by atoms with Crippen molar-refractivity contribution >= 4 is 11.6 Å². The molecule has 0 bridgehead atoms. The van der Waals surface area contributed by atoms with Crippen LogP contribution in [0.5, 0.6) is 11.5 Å². The normalized spacial score (nSPS) is 9.71. The molecule has 0 aromatic heterocycles. The number of terminal acetylenes is 1. The maximum absolute atomic E-state index is 12.0. The largest absolute Gasteiger partial charge is 0.504 e. The third-order valence-corrected chi connectivity index (χ3v) is 2.92. The van der Waals surface area contributed by atoms with E-state index in [1.165, 1.54) is 13.2 Å². The standard InChI is InChI=1S/C17H15NO3/c1-3-12-5-4-6-14(9-12)18-17(20)11-13-7-8-15(19)16(10-13)21-2/h1,4-10,19H,11H2,2H3,(H,18,20). The monoisotopic (exact) mass is 281 g/mol. The van der Waals surface area contributed by atoms with E-state index < -0.39 is 0 Å². The number of aromatic hydroxyl groups is 1. The fraction of sp³-hybridized carbons (Fsp3) is 0.118. The van der Waals surface area contributed by atoms with Crippen molar-refractivity contribution in [2.75, 3.05) is 12.4 Å². The summed E-state index contributed by atoms with van der Waals surface area (Å²) in [5.41, 5.74) is 2.11. The van der Waals surface area contributed by atoms with Gasteiger partial charge in [0.05, 0.1) is 13.5 Å². The Morgan fingerprint density at radius 2 is 2.14 bits per heavy atom. The van der Waals surface area contributed by atoms with Gasteiger partial charge in [-0.3, -0.25) is 4.79 Å². The molecule has 0 atom stereocenters. The minimum atomic E-state index is -0.170. The van der Waals surface area contributed by atoms with Crippen molar-refractivity contribution < 1.29 is 14.6 Å². The van der Waals surface area contributed by atoms with Crippen molar-refractivity contribution in [2.24, 2.45) is 0 Å². The zero-order valence-electron chi connectivity index (χ0n) is 11.6. The van der Waals surface area contributed by atoms with E-state index in [1.54, 1.807) is 36.4 Å². The van der Waals surface area contributed by atoms with E-state index in [1.807, 2.05) is 0 Å². The molecule has 0 saturated heterocycles. The van der Waals surface area contributed by atoms with Gasteiger partial charge < -0.3 is 15.2 Å². The van der Waals surface area contributed by atoms with Crippen LogP contribution in [0.3, 0.4) is 0 Å². The number of hydrogen-bond donors (Lipinski definition) is 2. The zero-order chi connectivity index (χ0) is 15.2. The summed E-state index contributed by atoms with van der Waals surface area (Å²) >= 11 is 0. The summed E-state index contributed by atoms with van der Waals surface area (Å²) in [7, 11) is 1.46. The first kappa shape index (κ1) is 14.5. The van der Waals surface area contributed by atoms with Gasteiger partial charge in [0.25, 0.3) is 0 Å². The van der Waals surface area contributed by atoms with Crippen LogP contribution in [0.15, 0.2) is 42.5 Å². The molecule has 1 amide bonds. The molecule has 0 aliphatic rings. The molecule has 106 valence electrons. The van der Waals surface area contributed by atoms with E-state index in [-0.39, 0.29) is 18.1 Å². The number of methoxy groups -OCH3 is 1. The van der Waals surface area contributed by atoms with Gasteiger partial charge in [-0.15, -0.1) is 6.42 Å². The van der Waals surface area contributed by atoms with Gasteiger partial charge in [-0.1, -0.05) is 18.1 Å². The lowest BCUT2D eigenvalue weighted by atomic mass is 10.1. The number of rotatable bonds is 4. The lowest BCUT2D eigenvalue weighted by Gasteiger charge is -2.08. The lowest BCUT2D eigenvalue weighted by molar-refractivity contribution is -0.115. The first-order chi connectivity index (χ1) is 10.1. The topological polar surface area (TPSA) is 58.6 Å². The van der Waals surface area contributed by atoms with Crippen molar-refractivity contribution in [3.8, 4) is 23.8 Å². The van der Waals surface area contributed by atoms with E-state index in [2.05, 4.69) is 11.2 Å². The summed E-state index contributed by atoms with van der Waals surface area (Å²) in [5.74, 6) is 2.73. The fourth-order valence-electron chi connectivity index (χ4n) is 1.91. The molecule has 21 heavy (non-hydrogen) atoms. The molecule has 4 heteroatoms. The van der Waals surface area contributed by atoms with E-state index in [9.17, 15) is 9.90 Å². The van der Waals surface area contributed by atoms with E-state index in [4.69, 9.17) is 11.2 Å². The molecule has 0 unspecified atom stereocenters. The van der Waals surface area contributed by atoms with Crippen molar-refractivity contribution in [1.82, 2.24) is 0 Å². The molecule has 2 aromatic carbocycles. The number of phenolic OH excluding ortho intramolecular Hbond substituents is 1. The van der Waals surface area contributed by atoms with Gasteiger partial charge in [0.1, 0.15) is 0 Å². The van der Waals surface area contributed by atoms with Crippen LogP contribution in [-0.2, 0) is 11.2 Å². The first-order valence-corrected chi connectivity index (χ1v) is 6.35. The average molecular weight is 281 g/mol. The molecule has 0 spiro atoms. The Labute approximate surface area is 123 Å². The highest BCUT2D eigenvalue weighted by Gasteiger charge is 2.08. The van der Waals surface area contributed by atoms with Crippen molar-refractivity contribution in [1.29, 1.82) is 0 Å². The number of nitrogens with one attached hydrogen (secondary N) is 1. The van der Waals surface area contributed by atoms with Crippen LogP contribution in [0.4, 0.5) is 5.69 Å². The molecule has 0 aliphatic carbocycles. The van der Waals surface area contributed by atoms with Gasteiger partial charge in [0, 0.05) is 11.3 Å². The van der Waals surface area contributed by atoms with Crippen LogP contribution in [-0.4, -0.2) is 18.1 Å². The molecule has 2 rings (SSSR count). The van der Waals surface area contributed by atoms with Gasteiger partial charge >= 0.3 is 0 Å². The van der Waals surface area contributed by atoms with Crippen LogP contribution in [0.2, 0.25) is 0 Å². The molecule has 0 heterocycles. The number of carbonyl (C=O) groups excluding carboxylic acids is 1. The van der Waals surface area contributed by atoms with E-state index in [0.717, 1.165) is 5.56 Å². The SMILES string of the molecule is C#Cc1cccc(NC(=O)Cc2ccc(O)c(OC)c2)c1. The molecular weight excluding hydrogens is 266 g/mol. The second kappa shape index (κ2) is 6.49. The predicted octanol–water partition coefficient (Wildman–Crippen LogP) is 2.56. The molecule has 4 nitrogen and oxygen atoms in total. The summed E-state index contributed by atoms with van der Waals surface area (Å²) in [4.78, 5) is 12.0. The number of amides is 1. The van der Waals surface area contributed by atoms with Gasteiger partial charge in [0.2, 0.25) is 5.91 Å². The van der Waals surface area contributed by atoms with Crippen LogP contribution < -0.4 is 10.1 Å². The van der Waals surface area contributed by atoms with Crippen LogP contribution >= 0.6 is 0 Å². The fourth-order valence-corrected chi connectivity index (χ4v) is 1.91. The Bertz CT molecular complexity index is 701. The van der Waals surface area contributed by atoms with Crippen molar-refractivity contribution in [3.63, 3.8) is 0 Å². The summed E-state index contributed by atoms with van der Waals surface area (Å²) in [6.45, 7) is 0. The number of carbonyl (C=O) groups is 1. The van der Waals surface area contributed by atoms with Gasteiger partial charge in [-0.05, 0) is 35.9 Å². The first-order valence-electron chi connectivity index (χ1n) is 6.35. The minimum absolute atomic E-state index is 0.0448. The highest BCUT2D eigenvalue weighted by Crippen LogP contribution is 2.26. The summed E-state index contributed by atoms with van der Waals surface area (Å²) < 4.78 is 5.01. The summed E-state index contributed by atoms with van der Waals surface area (Å²) in [5, 5.41) is 12.3. The number of hydrogen-bond acceptors (Lipinski definition) is 3. The number of ether oxygens (including phenoxy) is 1. The van der Waals surface area contributed by atoms with Crippen molar-refractivity contribution in [3.05, 3.63) is 53.6 Å². The lowest BCUT2D eigenvalue weighted by Crippen LogP contribution is -2.14. The van der Waals surface area contributed by atoms with Gasteiger partial charge in [-0.2, -0.15) is 0 Å². The highest BCUT2D eigenvalue weighted by molar-refractivity contribution is 5.92. The third-order valence-electron chi connectivity index (χ3n) is 2.92. The molecule has 2 N–H and O–H groups in total. The number of benzene rings is 2. The minimum Gasteiger partial charge on any atom is -0.504 e. The predicted molar refractivity (Wildman–Crippen MR) is 81.4 cm³/mol. The van der Waals surface area contributed by atoms with Crippen LogP contribution in [0, 0.1) is 12.3 Å². The number of phenols is 1.